The number of nitrogens with zero attached hydrogens (tertiary/aromatic N) is 2. The average molecular weight is 247 g/mol. The Balaban J connectivity index is 2.08. The van der Waals surface area contributed by atoms with Gasteiger partial charge in [-0.25, -0.2) is 0 Å². The maximum Gasteiger partial charge on any atom is 0.117 e. The molecule has 0 saturated heterocycles. The van der Waals surface area contributed by atoms with Gasteiger partial charge in [-0.1, -0.05) is 0 Å². The minimum atomic E-state index is 0.274. The monoisotopic (exact) mass is 247 g/mol. The van der Waals surface area contributed by atoms with Crippen LogP contribution >= 0.6 is 0 Å². The molecular weight excluding hydrogens is 226 g/mol. The fourth-order valence-electron chi connectivity index (χ4n) is 2.41. The number of aryl methyl sites for hydroxylation is 2. The van der Waals surface area contributed by atoms with E-state index in [-0.39, 0.29) is 6.04 Å². The molecule has 0 aromatic carbocycles. The van der Waals surface area contributed by atoms with Crippen molar-refractivity contribution in [1.82, 2.24) is 15.1 Å². The third-order valence-electron chi connectivity index (χ3n) is 3.33. The van der Waals surface area contributed by atoms with Gasteiger partial charge in [0, 0.05) is 23.8 Å². The van der Waals surface area contributed by atoms with Crippen LogP contribution in [-0.2, 0) is 13.1 Å². The van der Waals surface area contributed by atoms with E-state index in [1.807, 2.05) is 12.1 Å². The van der Waals surface area contributed by atoms with Gasteiger partial charge in [0.2, 0.25) is 0 Å². The molecule has 98 valence electrons. The molecular formula is C14H21N3O. The van der Waals surface area contributed by atoms with Crippen molar-refractivity contribution in [2.24, 2.45) is 0 Å². The van der Waals surface area contributed by atoms with E-state index >= 15 is 0 Å². The number of aromatic nitrogens is 2. The number of nitrogens with one attached hydrogen (secondary N) is 1. The van der Waals surface area contributed by atoms with E-state index in [0.717, 1.165) is 24.5 Å². The summed E-state index contributed by atoms with van der Waals surface area (Å²) in [6, 6.07) is 4.16. The van der Waals surface area contributed by atoms with Gasteiger partial charge >= 0.3 is 0 Å². The van der Waals surface area contributed by atoms with Crippen LogP contribution in [0.1, 0.15) is 42.6 Å². The van der Waals surface area contributed by atoms with Gasteiger partial charge in [-0.05, 0) is 39.8 Å². The number of hydrogen-bond donors (Lipinski definition) is 1. The van der Waals surface area contributed by atoms with Gasteiger partial charge in [0.1, 0.15) is 5.76 Å². The molecule has 0 bridgehead atoms. The van der Waals surface area contributed by atoms with Crippen molar-refractivity contribution >= 4 is 0 Å². The van der Waals surface area contributed by atoms with Crippen LogP contribution in [0.25, 0.3) is 0 Å². The van der Waals surface area contributed by atoms with Crippen molar-refractivity contribution in [3.05, 3.63) is 41.1 Å². The molecule has 0 aliphatic carbocycles. The average Bonchev–Trinajstić information content (AvgIpc) is 2.94. The highest BCUT2D eigenvalue weighted by atomic mass is 16.3. The SMILES string of the molecule is CCn1nc(C)c(C(C)NCc2ccco2)c1C. The molecule has 1 unspecified atom stereocenters. The fraction of sp³-hybridized carbons (Fsp3) is 0.500. The molecule has 0 radical (unpaired) electrons. The Labute approximate surface area is 108 Å². The number of rotatable bonds is 5. The predicted molar refractivity (Wildman–Crippen MR) is 71.3 cm³/mol. The highest BCUT2D eigenvalue weighted by molar-refractivity contribution is 5.27. The summed E-state index contributed by atoms with van der Waals surface area (Å²) < 4.78 is 7.37. The maximum absolute atomic E-state index is 5.32. The molecule has 1 atom stereocenters. The van der Waals surface area contributed by atoms with Crippen molar-refractivity contribution in [2.75, 3.05) is 0 Å². The van der Waals surface area contributed by atoms with Gasteiger partial charge in [0.25, 0.3) is 0 Å². The minimum absolute atomic E-state index is 0.274. The first-order valence-corrected chi connectivity index (χ1v) is 6.43. The molecule has 0 aliphatic rings. The van der Waals surface area contributed by atoms with E-state index in [9.17, 15) is 0 Å². The van der Waals surface area contributed by atoms with Crippen LogP contribution in [0.5, 0.6) is 0 Å². The van der Waals surface area contributed by atoms with Crippen molar-refractivity contribution in [3.8, 4) is 0 Å². The van der Waals surface area contributed by atoms with E-state index < -0.39 is 0 Å². The summed E-state index contributed by atoms with van der Waals surface area (Å²) in [5, 5.41) is 8.02. The molecule has 18 heavy (non-hydrogen) atoms. The lowest BCUT2D eigenvalue weighted by atomic mass is 10.1. The lowest BCUT2D eigenvalue weighted by Gasteiger charge is -2.14. The second kappa shape index (κ2) is 5.40. The molecule has 0 spiro atoms. The molecule has 0 aliphatic heterocycles. The highest BCUT2D eigenvalue weighted by Gasteiger charge is 2.16. The van der Waals surface area contributed by atoms with Crippen molar-refractivity contribution < 1.29 is 4.42 Å². The van der Waals surface area contributed by atoms with Gasteiger partial charge in [0.15, 0.2) is 0 Å². The Morgan fingerprint density at radius 3 is 2.78 bits per heavy atom. The van der Waals surface area contributed by atoms with Crippen LogP contribution in [0.15, 0.2) is 22.8 Å². The highest BCUT2D eigenvalue weighted by Crippen LogP contribution is 2.21. The van der Waals surface area contributed by atoms with E-state index in [1.165, 1.54) is 11.3 Å². The first-order chi connectivity index (χ1) is 8.63. The fourth-order valence-corrected chi connectivity index (χ4v) is 2.41. The van der Waals surface area contributed by atoms with Crippen molar-refractivity contribution in [1.29, 1.82) is 0 Å². The largest absolute Gasteiger partial charge is 0.468 e. The van der Waals surface area contributed by atoms with Crippen LogP contribution in [0.4, 0.5) is 0 Å². The lowest BCUT2D eigenvalue weighted by Crippen LogP contribution is -2.19. The summed E-state index contributed by atoms with van der Waals surface area (Å²) in [4.78, 5) is 0. The van der Waals surface area contributed by atoms with Gasteiger partial charge < -0.3 is 9.73 Å². The summed E-state index contributed by atoms with van der Waals surface area (Å²) in [7, 11) is 0. The van der Waals surface area contributed by atoms with Crippen LogP contribution < -0.4 is 5.32 Å². The first-order valence-electron chi connectivity index (χ1n) is 6.43. The Morgan fingerprint density at radius 1 is 1.44 bits per heavy atom. The molecule has 4 nitrogen and oxygen atoms in total. The van der Waals surface area contributed by atoms with Crippen LogP contribution in [0, 0.1) is 13.8 Å². The zero-order valence-corrected chi connectivity index (χ0v) is 11.5. The molecule has 4 heteroatoms. The second-order valence-electron chi connectivity index (χ2n) is 4.58. The molecule has 0 fully saturated rings. The van der Waals surface area contributed by atoms with Crippen LogP contribution in [-0.4, -0.2) is 9.78 Å². The smallest absolute Gasteiger partial charge is 0.117 e. The zero-order chi connectivity index (χ0) is 13.1. The minimum Gasteiger partial charge on any atom is -0.468 e. The molecule has 0 saturated carbocycles. The quantitative estimate of drug-likeness (QED) is 0.883. The zero-order valence-electron chi connectivity index (χ0n) is 11.5. The topological polar surface area (TPSA) is 43.0 Å². The molecule has 0 amide bonds. The van der Waals surface area contributed by atoms with Crippen LogP contribution in [0.3, 0.4) is 0 Å². The van der Waals surface area contributed by atoms with E-state index in [0.29, 0.717) is 0 Å². The summed E-state index contributed by atoms with van der Waals surface area (Å²) in [6.07, 6.45) is 1.70. The number of furan rings is 1. The Hall–Kier alpha value is -1.55. The third-order valence-corrected chi connectivity index (χ3v) is 3.33. The Bertz CT molecular complexity index is 499. The van der Waals surface area contributed by atoms with Gasteiger partial charge in [-0.2, -0.15) is 5.10 Å². The standard InChI is InChI=1S/C14H21N3O/c1-5-17-12(4)14(11(3)16-17)10(2)15-9-13-7-6-8-18-13/h6-8,10,15H,5,9H2,1-4H3. The molecule has 2 aromatic rings. The normalized spacial score (nSPS) is 12.9. The van der Waals surface area contributed by atoms with Gasteiger partial charge in [0.05, 0.1) is 18.5 Å². The molecule has 1 N–H and O–H groups in total. The first kappa shape index (κ1) is 12.9. The third kappa shape index (κ3) is 2.48. The molecule has 2 rings (SSSR count). The van der Waals surface area contributed by atoms with Crippen molar-refractivity contribution in [3.63, 3.8) is 0 Å². The maximum atomic E-state index is 5.32. The predicted octanol–water partition coefficient (Wildman–Crippen LogP) is 2.96. The van der Waals surface area contributed by atoms with Gasteiger partial charge in [-0.15, -0.1) is 0 Å². The van der Waals surface area contributed by atoms with E-state index in [1.54, 1.807) is 6.26 Å². The Morgan fingerprint density at radius 2 is 2.22 bits per heavy atom. The Kier molecular flexibility index (Phi) is 3.87. The van der Waals surface area contributed by atoms with Gasteiger partial charge in [-0.3, -0.25) is 4.68 Å². The molecule has 2 aromatic heterocycles. The summed E-state index contributed by atoms with van der Waals surface area (Å²) in [5.74, 6) is 0.958. The van der Waals surface area contributed by atoms with E-state index in [4.69, 9.17) is 4.42 Å². The summed E-state index contributed by atoms with van der Waals surface area (Å²) >= 11 is 0. The summed E-state index contributed by atoms with van der Waals surface area (Å²) in [5.41, 5.74) is 3.65. The number of hydrogen-bond acceptors (Lipinski definition) is 3. The van der Waals surface area contributed by atoms with Crippen LogP contribution in [0.2, 0.25) is 0 Å². The second-order valence-corrected chi connectivity index (χ2v) is 4.58. The molecule has 2 heterocycles. The van der Waals surface area contributed by atoms with E-state index in [2.05, 4.69) is 42.8 Å². The summed E-state index contributed by atoms with van der Waals surface area (Å²) in [6.45, 7) is 10.1. The van der Waals surface area contributed by atoms with Crippen molar-refractivity contribution in [2.45, 2.75) is 46.8 Å². The lowest BCUT2D eigenvalue weighted by molar-refractivity contribution is 0.459.